The molecule has 0 bridgehead atoms. The lowest BCUT2D eigenvalue weighted by Crippen LogP contribution is -2.38. The Hall–Kier alpha value is -3.13. The van der Waals surface area contributed by atoms with E-state index in [1.165, 1.54) is 0 Å². The molecule has 3 aromatic rings. The third-order valence-corrected chi connectivity index (χ3v) is 7.07. The van der Waals surface area contributed by atoms with Gasteiger partial charge in [0.05, 0.1) is 24.9 Å². The van der Waals surface area contributed by atoms with Crippen molar-refractivity contribution >= 4 is 22.6 Å². The van der Waals surface area contributed by atoms with Gasteiger partial charge in [-0.1, -0.05) is 0 Å². The Labute approximate surface area is 194 Å². The Morgan fingerprint density at radius 2 is 2.03 bits per heavy atom. The number of fused-ring (bicyclic) bond motifs is 2. The summed E-state index contributed by atoms with van der Waals surface area (Å²) < 4.78 is 7.32. The minimum Gasteiger partial charge on any atom is -0.497 e. The number of methoxy groups -OCH3 is 1. The molecule has 4 heterocycles. The third kappa shape index (κ3) is 3.93. The van der Waals surface area contributed by atoms with Crippen LogP contribution in [0.1, 0.15) is 46.3 Å². The molecule has 1 saturated heterocycles. The van der Waals surface area contributed by atoms with Crippen LogP contribution in [-0.4, -0.2) is 71.1 Å². The van der Waals surface area contributed by atoms with Gasteiger partial charge in [-0.05, 0) is 51.1 Å². The third-order valence-electron chi connectivity index (χ3n) is 7.07. The first-order valence-electron chi connectivity index (χ1n) is 11.7. The van der Waals surface area contributed by atoms with Crippen molar-refractivity contribution in [3.63, 3.8) is 0 Å². The molecule has 1 atom stereocenters. The maximum Gasteiger partial charge on any atom is 0.270 e. The van der Waals surface area contributed by atoms with E-state index in [0.29, 0.717) is 24.7 Å². The predicted octanol–water partition coefficient (Wildman–Crippen LogP) is 3.03. The molecule has 2 aromatic heterocycles. The molecule has 8 nitrogen and oxygen atoms in total. The molecular weight excluding hydrogens is 416 g/mol. The molecule has 5 rings (SSSR count). The van der Waals surface area contributed by atoms with Crippen molar-refractivity contribution in [2.45, 2.75) is 31.7 Å². The summed E-state index contributed by atoms with van der Waals surface area (Å²) in [5, 5.41) is 4.31. The number of nitrogens with one attached hydrogen (secondary N) is 1. The van der Waals surface area contributed by atoms with Gasteiger partial charge >= 0.3 is 0 Å². The van der Waals surface area contributed by atoms with Crippen LogP contribution in [0.25, 0.3) is 10.9 Å². The molecule has 1 aromatic carbocycles. The standard InChI is InChI=1S/C25H32N6O2/c1-26-24-19-9-11-31(15-20(19)27-23(28-24)17-6-5-10-29(2)14-17)25(32)22-12-16-7-8-18(33-4)13-21(16)30(22)3/h7-8,12-13,17H,5-6,9-11,14-15H2,1-4H3,(H,26,27,28)/t17-/m1/s1. The Morgan fingerprint density at radius 1 is 1.18 bits per heavy atom. The van der Waals surface area contributed by atoms with E-state index < -0.39 is 0 Å². The van der Waals surface area contributed by atoms with Gasteiger partial charge in [0.25, 0.3) is 5.91 Å². The first-order chi connectivity index (χ1) is 16.0. The zero-order valence-electron chi connectivity index (χ0n) is 19.9. The van der Waals surface area contributed by atoms with Crippen LogP contribution in [0.2, 0.25) is 0 Å². The first-order valence-corrected chi connectivity index (χ1v) is 11.7. The molecule has 2 aliphatic rings. The first kappa shape index (κ1) is 21.7. The molecule has 1 N–H and O–H groups in total. The highest BCUT2D eigenvalue weighted by Gasteiger charge is 2.29. The number of amides is 1. The van der Waals surface area contributed by atoms with Gasteiger partial charge in [-0.3, -0.25) is 4.79 Å². The van der Waals surface area contributed by atoms with Crippen molar-refractivity contribution in [3.8, 4) is 5.75 Å². The number of aryl methyl sites for hydroxylation is 1. The molecule has 33 heavy (non-hydrogen) atoms. The van der Waals surface area contributed by atoms with Gasteiger partial charge in [0, 0.05) is 50.1 Å². The fraction of sp³-hybridized carbons (Fsp3) is 0.480. The summed E-state index contributed by atoms with van der Waals surface area (Å²) in [4.78, 5) is 27.7. The smallest absolute Gasteiger partial charge is 0.270 e. The summed E-state index contributed by atoms with van der Waals surface area (Å²) in [6.45, 7) is 3.26. The summed E-state index contributed by atoms with van der Waals surface area (Å²) in [6, 6.07) is 7.86. The van der Waals surface area contributed by atoms with E-state index in [1.54, 1.807) is 7.11 Å². The number of likely N-dealkylation sites (tertiary alicyclic amines) is 1. The Kier molecular flexibility index (Phi) is 5.70. The SMILES string of the molecule is CNc1nc([C@@H]2CCCN(C)C2)nc2c1CCN(C(=O)c1cc3ccc(OC)cc3n1C)C2. The quantitative estimate of drug-likeness (QED) is 0.661. The second kappa shape index (κ2) is 8.67. The molecule has 0 unspecified atom stereocenters. The highest BCUT2D eigenvalue weighted by atomic mass is 16.5. The number of hydrogen-bond donors (Lipinski definition) is 1. The zero-order valence-corrected chi connectivity index (χ0v) is 19.9. The highest BCUT2D eigenvalue weighted by Crippen LogP contribution is 2.31. The second-order valence-electron chi connectivity index (χ2n) is 9.20. The lowest BCUT2D eigenvalue weighted by Gasteiger charge is -2.32. The van der Waals surface area contributed by atoms with Crippen LogP contribution >= 0.6 is 0 Å². The van der Waals surface area contributed by atoms with Crippen LogP contribution in [0.3, 0.4) is 0 Å². The van der Waals surface area contributed by atoms with Crippen LogP contribution in [0.15, 0.2) is 24.3 Å². The molecule has 1 fully saturated rings. The molecule has 1 amide bonds. The van der Waals surface area contributed by atoms with Crippen molar-refractivity contribution in [3.05, 3.63) is 47.0 Å². The van der Waals surface area contributed by atoms with E-state index in [1.807, 2.05) is 47.8 Å². The Morgan fingerprint density at radius 3 is 2.79 bits per heavy atom. The minimum atomic E-state index is 0.0295. The maximum atomic E-state index is 13.5. The molecule has 0 aliphatic carbocycles. The molecule has 0 saturated carbocycles. The molecule has 0 radical (unpaired) electrons. The van der Waals surface area contributed by atoms with Crippen molar-refractivity contribution in [2.24, 2.45) is 7.05 Å². The minimum absolute atomic E-state index is 0.0295. The highest BCUT2D eigenvalue weighted by molar-refractivity contribution is 5.99. The van der Waals surface area contributed by atoms with Gasteiger partial charge in [-0.25, -0.2) is 9.97 Å². The number of nitrogens with zero attached hydrogens (tertiary/aromatic N) is 5. The maximum absolute atomic E-state index is 13.5. The molecule has 0 spiro atoms. The van der Waals surface area contributed by atoms with Crippen LogP contribution in [0.4, 0.5) is 5.82 Å². The number of ether oxygens (including phenoxy) is 1. The fourth-order valence-corrected chi connectivity index (χ4v) is 5.19. The second-order valence-corrected chi connectivity index (χ2v) is 9.20. The van der Waals surface area contributed by atoms with E-state index >= 15 is 0 Å². The fourth-order valence-electron chi connectivity index (χ4n) is 5.19. The van der Waals surface area contributed by atoms with Gasteiger partial charge in [0.1, 0.15) is 23.1 Å². The summed E-state index contributed by atoms with van der Waals surface area (Å²) in [5.41, 5.74) is 3.77. The zero-order chi connectivity index (χ0) is 23.1. The average molecular weight is 449 g/mol. The normalized spacial score (nSPS) is 18.9. The molecule has 2 aliphatic heterocycles. The van der Waals surface area contributed by atoms with Crippen LogP contribution in [0, 0.1) is 0 Å². The molecular formula is C25H32N6O2. The van der Waals surface area contributed by atoms with Crippen molar-refractivity contribution in [1.82, 2.24) is 24.3 Å². The number of piperidine rings is 1. The summed E-state index contributed by atoms with van der Waals surface area (Å²) in [5.74, 6) is 2.96. The summed E-state index contributed by atoms with van der Waals surface area (Å²) >= 11 is 0. The van der Waals surface area contributed by atoms with E-state index in [4.69, 9.17) is 14.7 Å². The van der Waals surface area contributed by atoms with Gasteiger partial charge in [0.2, 0.25) is 0 Å². The van der Waals surface area contributed by atoms with E-state index in [9.17, 15) is 4.79 Å². The van der Waals surface area contributed by atoms with Crippen LogP contribution in [-0.2, 0) is 20.0 Å². The lowest BCUT2D eigenvalue weighted by molar-refractivity contribution is 0.0722. The number of aromatic nitrogens is 3. The number of likely N-dealkylation sites (N-methyl/N-ethyl adjacent to an activating group) is 1. The van der Waals surface area contributed by atoms with Crippen molar-refractivity contribution in [1.29, 1.82) is 0 Å². The Balaban J connectivity index is 1.44. The van der Waals surface area contributed by atoms with Gasteiger partial charge in [-0.2, -0.15) is 0 Å². The van der Waals surface area contributed by atoms with Gasteiger partial charge < -0.3 is 24.4 Å². The largest absolute Gasteiger partial charge is 0.497 e. The van der Waals surface area contributed by atoms with E-state index in [0.717, 1.165) is 71.9 Å². The number of rotatable bonds is 4. The number of carbonyl (C=O) groups is 1. The van der Waals surface area contributed by atoms with Crippen LogP contribution in [0.5, 0.6) is 5.75 Å². The van der Waals surface area contributed by atoms with Gasteiger partial charge in [-0.15, -0.1) is 0 Å². The lowest BCUT2D eigenvalue weighted by atomic mass is 9.96. The Bertz CT molecular complexity index is 1200. The van der Waals surface area contributed by atoms with E-state index in [2.05, 4.69) is 17.3 Å². The predicted molar refractivity (Wildman–Crippen MR) is 129 cm³/mol. The summed E-state index contributed by atoms with van der Waals surface area (Å²) in [6.07, 6.45) is 3.02. The number of carbonyl (C=O) groups excluding carboxylic acids is 1. The van der Waals surface area contributed by atoms with E-state index in [-0.39, 0.29) is 5.91 Å². The number of benzene rings is 1. The number of hydrogen-bond acceptors (Lipinski definition) is 6. The molecule has 174 valence electrons. The van der Waals surface area contributed by atoms with Crippen molar-refractivity contribution < 1.29 is 9.53 Å². The monoisotopic (exact) mass is 448 g/mol. The summed E-state index contributed by atoms with van der Waals surface area (Å²) in [7, 11) is 7.66. The topological polar surface area (TPSA) is 75.5 Å². The number of anilines is 1. The van der Waals surface area contributed by atoms with Gasteiger partial charge in [0.15, 0.2) is 0 Å². The average Bonchev–Trinajstić information content (AvgIpc) is 3.18. The molecule has 8 heteroatoms. The van der Waals surface area contributed by atoms with Crippen molar-refractivity contribution in [2.75, 3.05) is 46.2 Å². The van der Waals surface area contributed by atoms with Crippen LogP contribution < -0.4 is 10.1 Å².